The Kier molecular flexibility index (Phi) is 4.21. The molecule has 2 aromatic heterocycles. The number of carbonyl (C=O) groups excluding carboxylic acids is 1. The summed E-state index contributed by atoms with van der Waals surface area (Å²) in [6.07, 6.45) is 1.44. The average molecular weight is 357 g/mol. The Morgan fingerprint density at radius 1 is 1.38 bits per heavy atom. The fourth-order valence-electron chi connectivity index (χ4n) is 2.69. The van der Waals surface area contributed by atoms with Gasteiger partial charge in [-0.3, -0.25) is 9.36 Å². The van der Waals surface area contributed by atoms with Crippen molar-refractivity contribution in [3.05, 3.63) is 42.2 Å². The summed E-state index contributed by atoms with van der Waals surface area (Å²) in [7, 11) is 0. The molecule has 9 heteroatoms. The Bertz CT molecular complexity index is 953. The first kappa shape index (κ1) is 16.4. The van der Waals surface area contributed by atoms with Crippen molar-refractivity contribution in [3.63, 3.8) is 0 Å². The molecular weight excluding hydrogens is 341 g/mol. The maximum absolute atomic E-state index is 13.8. The Labute approximate surface area is 148 Å². The summed E-state index contributed by atoms with van der Waals surface area (Å²) < 4.78 is 26.0. The number of halogens is 1. The molecule has 4 rings (SSSR count). The van der Waals surface area contributed by atoms with Gasteiger partial charge in [-0.05, 0) is 17.7 Å². The van der Waals surface area contributed by atoms with E-state index in [2.05, 4.69) is 20.3 Å². The smallest absolute Gasteiger partial charge is 0.312 e. The summed E-state index contributed by atoms with van der Waals surface area (Å²) in [6.45, 7) is 2.42. The third kappa shape index (κ3) is 3.21. The Morgan fingerprint density at radius 3 is 2.81 bits per heavy atom. The second-order valence-corrected chi connectivity index (χ2v) is 5.87. The largest absolute Gasteiger partial charge is 0.427 e. The van der Waals surface area contributed by atoms with Gasteiger partial charge in [0.25, 0.3) is 0 Å². The van der Waals surface area contributed by atoms with E-state index in [9.17, 15) is 9.18 Å². The summed E-state index contributed by atoms with van der Waals surface area (Å²) in [5.74, 6) is 0.409. The molecule has 1 aliphatic heterocycles. The fourth-order valence-corrected chi connectivity index (χ4v) is 2.69. The van der Waals surface area contributed by atoms with Gasteiger partial charge in [-0.2, -0.15) is 14.4 Å². The van der Waals surface area contributed by atoms with E-state index in [1.165, 1.54) is 6.92 Å². The van der Waals surface area contributed by atoms with Gasteiger partial charge >= 0.3 is 12.0 Å². The van der Waals surface area contributed by atoms with Crippen molar-refractivity contribution in [1.82, 2.24) is 19.5 Å². The summed E-state index contributed by atoms with van der Waals surface area (Å²) >= 11 is 0. The molecule has 3 aromatic rings. The van der Waals surface area contributed by atoms with E-state index < -0.39 is 6.08 Å². The van der Waals surface area contributed by atoms with Gasteiger partial charge in [0.1, 0.15) is 12.0 Å². The molecule has 134 valence electrons. The van der Waals surface area contributed by atoms with Crippen molar-refractivity contribution in [1.29, 1.82) is 0 Å². The second-order valence-electron chi connectivity index (χ2n) is 5.87. The normalized spacial score (nSPS) is 16.3. The lowest BCUT2D eigenvalue weighted by molar-refractivity contribution is -0.131. The van der Waals surface area contributed by atoms with E-state index >= 15 is 0 Å². The lowest BCUT2D eigenvalue weighted by atomic mass is 10.2. The number of nitrogens with zero attached hydrogens (tertiary/aromatic N) is 4. The molecule has 0 spiro atoms. The predicted octanol–water partition coefficient (Wildman–Crippen LogP) is 2.42. The maximum atomic E-state index is 13.8. The molecular formula is C17H16FN5O3. The number of hydrogen-bond acceptors (Lipinski definition) is 7. The van der Waals surface area contributed by atoms with E-state index in [1.54, 1.807) is 35.2 Å². The zero-order chi connectivity index (χ0) is 18.1. The first-order valence-corrected chi connectivity index (χ1v) is 8.13. The molecule has 1 aromatic carbocycles. The van der Waals surface area contributed by atoms with Crippen molar-refractivity contribution in [3.8, 4) is 5.75 Å². The second kappa shape index (κ2) is 6.68. The molecule has 0 bridgehead atoms. The van der Waals surface area contributed by atoms with Gasteiger partial charge in [-0.15, -0.1) is 0 Å². The van der Waals surface area contributed by atoms with Crippen molar-refractivity contribution in [2.45, 2.75) is 26.1 Å². The van der Waals surface area contributed by atoms with Crippen LogP contribution in [0.1, 0.15) is 25.1 Å². The van der Waals surface area contributed by atoms with Crippen LogP contribution in [0.4, 0.5) is 10.2 Å². The van der Waals surface area contributed by atoms with Gasteiger partial charge in [0.2, 0.25) is 0 Å². The van der Waals surface area contributed by atoms with E-state index in [1.807, 2.05) is 0 Å². The number of carbonyl (C=O) groups is 1. The number of ether oxygens (including phenoxy) is 2. The molecule has 0 radical (unpaired) electrons. The zero-order valence-corrected chi connectivity index (χ0v) is 14.0. The molecule has 1 saturated heterocycles. The zero-order valence-electron chi connectivity index (χ0n) is 14.0. The highest BCUT2D eigenvalue weighted by Gasteiger charge is 2.24. The Morgan fingerprint density at radius 2 is 2.15 bits per heavy atom. The first-order valence-electron chi connectivity index (χ1n) is 8.13. The molecule has 8 nitrogen and oxygen atoms in total. The topological polar surface area (TPSA) is 91.2 Å². The van der Waals surface area contributed by atoms with Gasteiger partial charge < -0.3 is 14.8 Å². The van der Waals surface area contributed by atoms with Crippen LogP contribution in [0.15, 0.2) is 30.6 Å². The molecule has 1 atom stereocenters. The van der Waals surface area contributed by atoms with Crippen LogP contribution in [0, 0.1) is 6.08 Å². The minimum atomic E-state index is -0.828. The molecule has 3 heterocycles. The standard InChI is InChI=1S/C17H16FN5O3/c1-10(24)26-12-4-2-11(3-5-12)8-19-15-14-16(22-17(18)21-15)23(9-20-14)13-6-7-25-13/h2-5,9,13H,6-8H2,1H3,(H,19,21,22). The van der Waals surface area contributed by atoms with Crippen LogP contribution in [-0.4, -0.2) is 32.1 Å². The number of anilines is 1. The van der Waals surface area contributed by atoms with Crippen LogP contribution in [0.5, 0.6) is 5.75 Å². The summed E-state index contributed by atoms with van der Waals surface area (Å²) in [6, 6.07) is 7.00. The van der Waals surface area contributed by atoms with Gasteiger partial charge in [0.05, 0.1) is 12.9 Å². The predicted molar refractivity (Wildman–Crippen MR) is 90.0 cm³/mol. The number of aromatic nitrogens is 4. The van der Waals surface area contributed by atoms with Gasteiger partial charge in [0, 0.05) is 19.9 Å². The highest BCUT2D eigenvalue weighted by molar-refractivity contribution is 5.82. The van der Waals surface area contributed by atoms with Crippen LogP contribution < -0.4 is 10.1 Å². The monoisotopic (exact) mass is 357 g/mol. The number of rotatable bonds is 5. The number of benzene rings is 1. The van der Waals surface area contributed by atoms with Crippen molar-refractivity contribution in [2.24, 2.45) is 0 Å². The summed E-state index contributed by atoms with van der Waals surface area (Å²) in [5.41, 5.74) is 1.79. The van der Waals surface area contributed by atoms with Crippen LogP contribution in [0.25, 0.3) is 11.2 Å². The highest BCUT2D eigenvalue weighted by atomic mass is 19.1. The van der Waals surface area contributed by atoms with Gasteiger partial charge in [-0.25, -0.2) is 4.98 Å². The third-order valence-corrected chi connectivity index (χ3v) is 4.02. The van der Waals surface area contributed by atoms with Crippen LogP contribution in [-0.2, 0) is 16.1 Å². The molecule has 1 unspecified atom stereocenters. The minimum absolute atomic E-state index is 0.157. The number of imidazole rings is 1. The van der Waals surface area contributed by atoms with Gasteiger partial charge in [0.15, 0.2) is 17.0 Å². The lowest BCUT2D eigenvalue weighted by Gasteiger charge is -2.27. The van der Waals surface area contributed by atoms with E-state index in [0.29, 0.717) is 35.9 Å². The third-order valence-electron chi connectivity index (χ3n) is 4.02. The molecule has 0 aliphatic carbocycles. The van der Waals surface area contributed by atoms with Crippen molar-refractivity contribution in [2.75, 3.05) is 11.9 Å². The van der Waals surface area contributed by atoms with Crippen LogP contribution in [0.2, 0.25) is 0 Å². The quantitative estimate of drug-likeness (QED) is 0.426. The highest BCUT2D eigenvalue weighted by Crippen LogP contribution is 2.28. The summed E-state index contributed by atoms with van der Waals surface area (Å²) in [5, 5.41) is 3.08. The molecule has 0 saturated carbocycles. The molecule has 1 fully saturated rings. The number of hydrogen-bond donors (Lipinski definition) is 1. The molecule has 26 heavy (non-hydrogen) atoms. The molecule has 0 amide bonds. The van der Waals surface area contributed by atoms with Crippen molar-refractivity contribution < 1.29 is 18.7 Å². The fraction of sp³-hybridized carbons (Fsp3) is 0.294. The average Bonchev–Trinajstić information content (AvgIpc) is 2.95. The van der Waals surface area contributed by atoms with Crippen LogP contribution >= 0.6 is 0 Å². The Balaban J connectivity index is 1.53. The van der Waals surface area contributed by atoms with Crippen molar-refractivity contribution >= 4 is 23.0 Å². The summed E-state index contributed by atoms with van der Waals surface area (Å²) in [4.78, 5) is 22.9. The number of nitrogens with one attached hydrogen (secondary N) is 1. The SMILES string of the molecule is CC(=O)Oc1ccc(CNc2nc(F)nc3c2ncn3C2CCO2)cc1. The number of esters is 1. The van der Waals surface area contributed by atoms with E-state index in [0.717, 1.165) is 12.0 Å². The van der Waals surface area contributed by atoms with Crippen LogP contribution in [0.3, 0.4) is 0 Å². The van der Waals surface area contributed by atoms with E-state index in [4.69, 9.17) is 9.47 Å². The minimum Gasteiger partial charge on any atom is -0.427 e. The maximum Gasteiger partial charge on any atom is 0.312 e. The Hall–Kier alpha value is -3.07. The molecule has 1 aliphatic rings. The molecule has 1 N–H and O–H groups in total. The van der Waals surface area contributed by atoms with Gasteiger partial charge in [-0.1, -0.05) is 12.1 Å². The number of fused-ring (bicyclic) bond motifs is 1. The first-order chi connectivity index (χ1) is 12.6. The lowest BCUT2D eigenvalue weighted by Crippen LogP contribution is -2.24. The van der Waals surface area contributed by atoms with E-state index in [-0.39, 0.29) is 12.2 Å².